The molecule has 1 unspecified atom stereocenters. The standard InChI is InChI=1S/C14H19FN2O4.ClH/c1-9(13(18)17-7-6-16-2)21-12-5-4-10(15)8-11(12)14(19)20-3;/h4-5,8-9,16H,6-7H2,1-3H3,(H,17,18);1H. The Bertz CT molecular complexity index is 514. The van der Waals surface area contributed by atoms with Crippen LogP contribution in [0.4, 0.5) is 4.39 Å². The van der Waals surface area contributed by atoms with E-state index in [0.717, 1.165) is 12.1 Å². The van der Waals surface area contributed by atoms with E-state index in [1.54, 1.807) is 14.0 Å². The molecule has 0 aliphatic carbocycles. The maximum Gasteiger partial charge on any atom is 0.341 e. The van der Waals surface area contributed by atoms with Gasteiger partial charge in [-0.2, -0.15) is 0 Å². The average Bonchev–Trinajstić information content (AvgIpc) is 2.48. The third-order valence-corrected chi connectivity index (χ3v) is 2.69. The minimum Gasteiger partial charge on any atom is -0.480 e. The van der Waals surface area contributed by atoms with Gasteiger partial charge in [0.05, 0.1) is 7.11 Å². The molecule has 1 amide bonds. The van der Waals surface area contributed by atoms with Gasteiger partial charge in [-0.05, 0) is 32.2 Å². The minimum atomic E-state index is -0.823. The number of amides is 1. The molecule has 1 aromatic carbocycles. The summed E-state index contributed by atoms with van der Waals surface area (Å²) in [6.45, 7) is 2.62. The third kappa shape index (κ3) is 5.87. The van der Waals surface area contributed by atoms with E-state index >= 15 is 0 Å². The summed E-state index contributed by atoms with van der Waals surface area (Å²) in [5, 5.41) is 5.55. The molecule has 0 bridgehead atoms. The van der Waals surface area contributed by atoms with Crippen LogP contribution in [-0.2, 0) is 9.53 Å². The number of methoxy groups -OCH3 is 1. The monoisotopic (exact) mass is 334 g/mol. The van der Waals surface area contributed by atoms with Crippen molar-refractivity contribution >= 4 is 24.3 Å². The molecule has 0 aliphatic heterocycles. The van der Waals surface area contributed by atoms with Crippen molar-refractivity contribution in [2.75, 3.05) is 27.2 Å². The summed E-state index contributed by atoms with van der Waals surface area (Å²) in [6.07, 6.45) is -0.823. The van der Waals surface area contributed by atoms with Crippen LogP contribution in [-0.4, -0.2) is 45.2 Å². The second-order valence-corrected chi connectivity index (χ2v) is 4.29. The molecule has 22 heavy (non-hydrogen) atoms. The number of hydrogen-bond acceptors (Lipinski definition) is 5. The highest BCUT2D eigenvalue weighted by Crippen LogP contribution is 2.21. The number of rotatable bonds is 7. The van der Waals surface area contributed by atoms with E-state index in [4.69, 9.17) is 4.74 Å². The predicted octanol–water partition coefficient (Wildman–Crippen LogP) is 1.14. The molecule has 0 heterocycles. The SMILES string of the molecule is CNCCNC(=O)C(C)Oc1ccc(F)cc1C(=O)OC.Cl. The minimum absolute atomic E-state index is 0. The van der Waals surface area contributed by atoms with E-state index in [1.165, 1.54) is 13.2 Å². The number of carbonyl (C=O) groups is 2. The van der Waals surface area contributed by atoms with E-state index in [9.17, 15) is 14.0 Å². The van der Waals surface area contributed by atoms with Crippen LogP contribution >= 0.6 is 12.4 Å². The summed E-state index contributed by atoms with van der Waals surface area (Å²) in [7, 11) is 2.96. The van der Waals surface area contributed by atoms with Crippen LogP contribution in [0, 0.1) is 5.82 Å². The summed E-state index contributed by atoms with van der Waals surface area (Å²) in [4.78, 5) is 23.4. The number of ether oxygens (including phenoxy) is 2. The zero-order valence-electron chi connectivity index (χ0n) is 12.6. The van der Waals surface area contributed by atoms with E-state index in [1.807, 2.05) is 0 Å². The van der Waals surface area contributed by atoms with Gasteiger partial charge in [-0.1, -0.05) is 0 Å². The molecule has 0 radical (unpaired) electrons. The van der Waals surface area contributed by atoms with E-state index in [0.29, 0.717) is 13.1 Å². The van der Waals surface area contributed by atoms with Crippen molar-refractivity contribution in [3.05, 3.63) is 29.6 Å². The van der Waals surface area contributed by atoms with Crippen molar-refractivity contribution in [1.29, 1.82) is 0 Å². The molecular weight excluding hydrogens is 315 g/mol. The Morgan fingerprint density at radius 2 is 2.00 bits per heavy atom. The maximum absolute atomic E-state index is 13.2. The van der Waals surface area contributed by atoms with Crippen LogP contribution in [0.2, 0.25) is 0 Å². The van der Waals surface area contributed by atoms with Gasteiger partial charge in [0.15, 0.2) is 6.10 Å². The first-order chi connectivity index (χ1) is 9.99. The van der Waals surface area contributed by atoms with Crippen molar-refractivity contribution in [3.8, 4) is 5.75 Å². The zero-order valence-corrected chi connectivity index (χ0v) is 13.5. The molecule has 8 heteroatoms. The topological polar surface area (TPSA) is 76.7 Å². The lowest BCUT2D eigenvalue weighted by Gasteiger charge is -2.16. The van der Waals surface area contributed by atoms with E-state index in [-0.39, 0.29) is 29.6 Å². The quantitative estimate of drug-likeness (QED) is 0.577. The van der Waals surface area contributed by atoms with E-state index < -0.39 is 17.9 Å². The number of esters is 1. The third-order valence-electron chi connectivity index (χ3n) is 2.69. The summed E-state index contributed by atoms with van der Waals surface area (Å²) >= 11 is 0. The van der Waals surface area contributed by atoms with Crippen LogP contribution < -0.4 is 15.4 Å². The highest BCUT2D eigenvalue weighted by atomic mass is 35.5. The first-order valence-corrected chi connectivity index (χ1v) is 6.46. The first kappa shape index (κ1) is 20.1. The largest absolute Gasteiger partial charge is 0.480 e. The summed E-state index contributed by atoms with van der Waals surface area (Å²) in [6, 6.07) is 3.44. The van der Waals surface area contributed by atoms with Crippen LogP contribution in [0.1, 0.15) is 17.3 Å². The average molecular weight is 335 g/mol. The van der Waals surface area contributed by atoms with E-state index in [2.05, 4.69) is 15.4 Å². The Balaban J connectivity index is 0.00000441. The van der Waals surface area contributed by atoms with Gasteiger partial charge in [-0.15, -0.1) is 12.4 Å². The number of hydrogen-bond donors (Lipinski definition) is 2. The van der Waals surface area contributed by atoms with Gasteiger partial charge >= 0.3 is 5.97 Å². The Hall–Kier alpha value is -1.86. The zero-order chi connectivity index (χ0) is 15.8. The molecule has 6 nitrogen and oxygen atoms in total. The molecule has 2 N–H and O–H groups in total. The molecule has 1 atom stereocenters. The molecule has 0 fully saturated rings. The summed E-state index contributed by atoms with van der Waals surface area (Å²) in [5.41, 5.74) is -0.0626. The van der Waals surface area contributed by atoms with Crippen LogP contribution in [0.15, 0.2) is 18.2 Å². The predicted molar refractivity (Wildman–Crippen MR) is 82.0 cm³/mol. The Morgan fingerprint density at radius 3 is 2.59 bits per heavy atom. The highest BCUT2D eigenvalue weighted by Gasteiger charge is 2.19. The van der Waals surface area contributed by atoms with Crippen molar-refractivity contribution in [3.63, 3.8) is 0 Å². The number of halogens is 2. The number of carbonyl (C=O) groups excluding carboxylic acids is 2. The van der Waals surface area contributed by atoms with Crippen LogP contribution in [0.5, 0.6) is 5.75 Å². The highest BCUT2D eigenvalue weighted by molar-refractivity contribution is 5.92. The van der Waals surface area contributed by atoms with Gasteiger partial charge in [-0.25, -0.2) is 9.18 Å². The molecule has 0 saturated carbocycles. The fourth-order valence-electron chi connectivity index (χ4n) is 1.57. The van der Waals surface area contributed by atoms with Crippen molar-refractivity contribution in [2.45, 2.75) is 13.0 Å². The number of likely N-dealkylation sites (N-methyl/N-ethyl adjacent to an activating group) is 1. The van der Waals surface area contributed by atoms with Gasteiger partial charge in [0.2, 0.25) is 0 Å². The fourth-order valence-corrected chi connectivity index (χ4v) is 1.57. The lowest BCUT2D eigenvalue weighted by molar-refractivity contribution is -0.127. The number of benzene rings is 1. The van der Waals surface area contributed by atoms with Gasteiger partial charge < -0.3 is 20.1 Å². The van der Waals surface area contributed by atoms with Crippen LogP contribution in [0.25, 0.3) is 0 Å². The molecule has 1 rings (SSSR count). The van der Waals surface area contributed by atoms with Gasteiger partial charge in [0, 0.05) is 13.1 Å². The van der Waals surface area contributed by atoms with Gasteiger partial charge in [0.25, 0.3) is 5.91 Å². The fraction of sp³-hybridized carbons (Fsp3) is 0.429. The number of nitrogens with one attached hydrogen (secondary N) is 2. The normalized spacial score (nSPS) is 11.1. The Morgan fingerprint density at radius 1 is 1.32 bits per heavy atom. The molecule has 1 aromatic rings. The lowest BCUT2D eigenvalue weighted by Crippen LogP contribution is -2.39. The maximum atomic E-state index is 13.2. The van der Waals surface area contributed by atoms with Gasteiger partial charge in [-0.3, -0.25) is 4.79 Å². The molecule has 0 aliphatic rings. The molecule has 0 spiro atoms. The Kier molecular flexibility index (Phi) is 9.12. The lowest BCUT2D eigenvalue weighted by atomic mass is 10.2. The first-order valence-electron chi connectivity index (χ1n) is 6.46. The van der Waals surface area contributed by atoms with Crippen LogP contribution in [0.3, 0.4) is 0 Å². The second kappa shape index (κ2) is 9.97. The summed E-state index contributed by atoms with van der Waals surface area (Å²) < 4.78 is 23.2. The Labute approximate surface area is 134 Å². The smallest absolute Gasteiger partial charge is 0.341 e. The molecular formula is C14H20ClFN2O4. The van der Waals surface area contributed by atoms with Crippen molar-refractivity contribution < 1.29 is 23.5 Å². The van der Waals surface area contributed by atoms with Gasteiger partial charge in [0.1, 0.15) is 17.1 Å². The molecule has 0 aromatic heterocycles. The van der Waals surface area contributed by atoms with Crippen molar-refractivity contribution in [2.24, 2.45) is 0 Å². The summed E-state index contributed by atoms with van der Waals surface area (Å²) in [5.74, 6) is -1.55. The van der Waals surface area contributed by atoms with Crippen molar-refractivity contribution in [1.82, 2.24) is 10.6 Å². The molecule has 124 valence electrons. The molecule has 0 saturated heterocycles. The second-order valence-electron chi connectivity index (χ2n) is 4.29.